The fraction of sp³-hybridized carbons (Fsp3) is 0.786. The van der Waals surface area contributed by atoms with E-state index in [1.54, 1.807) is 6.20 Å². The molecule has 0 bridgehead atoms. The lowest BCUT2D eigenvalue weighted by Crippen LogP contribution is -2.34. The summed E-state index contributed by atoms with van der Waals surface area (Å²) in [6.45, 7) is 7.17. The number of nitrogens with zero attached hydrogens (tertiary/aromatic N) is 2. The number of hydrogen-bond donors (Lipinski definition) is 0. The summed E-state index contributed by atoms with van der Waals surface area (Å²) in [4.78, 5) is 5.03. The minimum Gasteiger partial charge on any atom is -0.268 e. The number of rotatable bonds is 4. The zero-order chi connectivity index (χ0) is 13.2. The van der Waals surface area contributed by atoms with Crippen LogP contribution in [-0.4, -0.2) is 27.3 Å². The molecule has 102 valence electrons. The van der Waals surface area contributed by atoms with Crippen molar-refractivity contribution in [1.29, 1.82) is 0 Å². The van der Waals surface area contributed by atoms with E-state index in [4.69, 9.17) is 0 Å². The predicted molar refractivity (Wildman–Crippen MR) is 77.8 cm³/mol. The van der Waals surface area contributed by atoms with E-state index in [0.29, 0.717) is 11.5 Å². The highest BCUT2D eigenvalue weighted by atomic mass is 32.2. The van der Waals surface area contributed by atoms with Crippen molar-refractivity contribution >= 4 is 17.2 Å². The lowest BCUT2D eigenvalue weighted by molar-refractivity contribution is 0.153. The third kappa shape index (κ3) is 2.75. The van der Waals surface area contributed by atoms with Crippen molar-refractivity contribution in [3.05, 3.63) is 11.1 Å². The molecular formula is C14H24N2OS. The van der Waals surface area contributed by atoms with Gasteiger partial charge in [0.1, 0.15) is 11.0 Å². The first-order valence-electron chi connectivity index (χ1n) is 6.95. The van der Waals surface area contributed by atoms with Crippen molar-refractivity contribution < 1.29 is 4.21 Å². The number of allylic oxidation sites excluding steroid dienone is 1. The van der Waals surface area contributed by atoms with Gasteiger partial charge in [0, 0.05) is 29.9 Å². The minimum atomic E-state index is -1.01. The predicted octanol–water partition coefficient (Wildman–Crippen LogP) is 3.26. The fourth-order valence-corrected chi connectivity index (χ4v) is 4.35. The average Bonchev–Trinajstić information content (AvgIpc) is 2.66. The maximum Gasteiger partial charge on any atom is 0.124 e. The Kier molecular flexibility index (Phi) is 4.38. The van der Waals surface area contributed by atoms with Crippen molar-refractivity contribution in [3.8, 4) is 0 Å². The lowest BCUT2D eigenvalue weighted by Gasteiger charge is -2.38. The van der Waals surface area contributed by atoms with E-state index >= 15 is 0 Å². The van der Waals surface area contributed by atoms with Crippen LogP contribution in [0.3, 0.4) is 0 Å². The summed E-state index contributed by atoms with van der Waals surface area (Å²) in [5.74, 6) is 0. The van der Waals surface area contributed by atoms with Gasteiger partial charge in [-0.1, -0.05) is 13.3 Å². The summed E-state index contributed by atoms with van der Waals surface area (Å²) in [6, 6.07) is 0.435. The first kappa shape index (κ1) is 13.9. The quantitative estimate of drug-likeness (QED) is 0.720. The van der Waals surface area contributed by atoms with Crippen LogP contribution in [0.5, 0.6) is 0 Å². The number of hydrogen-bond acceptors (Lipinski definition) is 2. The van der Waals surface area contributed by atoms with Crippen LogP contribution in [0.2, 0.25) is 0 Å². The van der Waals surface area contributed by atoms with E-state index in [2.05, 4.69) is 16.2 Å². The van der Waals surface area contributed by atoms with Gasteiger partial charge in [-0.15, -0.1) is 0 Å². The van der Waals surface area contributed by atoms with E-state index in [1.807, 2.05) is 20.1 Å². The van der Waals surface area contributed by atoms with Crippen molar-refractivity contribution in [1.82, 2.24) is 4.31 Å². The molecular weight excluding hydrogens is 244 g/mol. The van der Waals surface area contributed by atoms with Crippen LogP contribution in [0, 0.1) is 5.41 Å². The molecule has 2 aliphatic rings. The van der Waals surface area contributed by atoms with Crippen molar-refractivity contribution in [3.63, 3.8) is 0 Å². The molecule has 3 nitrogen and oxygen atoms in total. The van der Waals surface area contributed by atoms with Gasteiger partial charge in [-0.05, 0) is 44.9 Å². The Balaban J connectivity index is 2.01. The van der Waals surface area contributed by atoms with Gasteiger partial charge in [-0.25, -0.2) is 8.51 Å². The smallest absolute Gasteiger partial charge is 0.124 e. The molecule has 1 saturated heterocycles. The third-order valence-electron chi connectivity index (χ3n) is 4.16. The highest BCUT2D eigenvalue weighted by molar-refractivity contribution is 7.86. The largest absolute Gasteiger partial charge is 0.268 e. The summed E-state index contributed by atoms with van der Waals surface area (Å²) >= 11 is 0. The molecule has 1 spiro atoms. The lowest BCUT2D eigenvalue weighted by atomic mass is 9.68. The van der Waals surface area contributed by atoms with Gasteiger partial charge in [0.05, 0.1) is 0 Å². The molecule has 2 atom stereocenters. The molecule has 0 N–H and O–H groups in total. The summed E-state index contributed by atoms with van der Waals surface area (Å²) < 4.78 is 14.6. The Morgan fingerprint density at radius 2 is 2.28 bits per heavy atom. The van der Waals surface area contributed by atoms with Crippen LogP contribution < -0.4 is 0 Å². The molecule has 4 heteroatoms. The van der Waals surface area contributed by atoms with Crippen molar-refractivity contribution in [2.45, 2.75) is 58.9 Å². The van der Waals surface area contributed by atoms with E-state index in [1.165, 1.54) is 25.7 Å². The van der Waals surface area contributed by atoms with Gasteiger partial charge >= 0.3 is 0 Å². The molecule has 0 aromatic heterocycles. The SMILES string of the molecule is CCC=N/C=C(\C)S(=O)N1CC2(CCC2)CC1C. The van der Waals surface area contributed by atoms with Crippen molar-refractivity contribution in [2.75, 3.05) is 6.54 Å². The molecule has 18 heavy (non-hydrogen) atoms. The molecule has 1 heterocycles. The third-order valence-corrected chi connectivity index (χ3v) is 5.73. The van der Waals surface area contributed by atoms with Crippen molar-refractivity contribution in [2.24, 2.45) is 10.4 Å². The topological polar surface area (TPSA) is 32.7 Å². The Hall–Kier alpha value is -0.480. The van der Waals surface area contributed by atoms with E-state index in [9.17, 15) is 4.21 Å². The molecule has 0 aromatic rings. The van der Waals surface area contributed by atoms with Crippen LogP contribution in [0.25, 0.3) is 0 Å². The van der Waals surface area contributed by atoms with Gasteiger partial charge in [-0.3, -0.25) is 4.99 Å². The van der Waals surface area contributed by atoms with Crippen LogP contribution in [0.4, 0.5) is 0 Å². The molecule has 1 aliphatic carbocycles. The standard InChI is InChI=1S/C14H24N2OS/c1-4-8-15-10-13(3)18(17)16-11-14(6-5-7-14)9-12(16)2/h8,10,12H,4-7,9,11H2,1-3H3/b13-10+,15-8?. The van der Waals surface area contributed by atoms with Crippen LogP contribution >= 0.6 is 0 Å². The summed E-state index contributed by atoms with van der Waals surface area (Å²) in [5.41, 5.74) is 0.488. The maximum atomic E-state index is 12.5. The molecule has 1 aliphatic heterocycles. The Morgan fingerprint density at radius 3 is 2.78 bits per heavy atom. The average molecular weight is 268 g/mol. The van der Waals surface area contributed by atoms with Gasteiger partial charge in [0.2, 0.25) is 0 Å². The normalized spacial score (nSPS) is 29.9. The molecule has 0 radical (unpaired) electrons. The first-order chi connectivity index (χ1) is 8.58. The summed E-state index contributed by atoms with van der Waals surface area (Å²) in [7, 11) is -1.01. The van der Waals surface area contributed by atoms with Gasteiger partial charge in [0.15, 0.2) is 0 Å². The molecule has 2 unspecified atom stereocenters. The second-order valence-electron chi connectivity index (χ2n) is 5.71. The Morgan fingerprint density at radius 1 is 1.56 bits per heavy atom. The molecule has 0 aromatic carbocycles. The van der Waals surface area contributed by atoms with Gasteiger partial charge in [0.25, 0.3) is 0 Å². The fourth-order valence-electron chi connectivity index (χ4n) is 3.03. The Labute approximate surface area is 113 Å². The van der Waals surface area contributed by atoms with Gasteiger partial charge < -0.3 is 0 Å². The van der Waals surface area contributed by atoms with Gasteiger partial charge in [-0.2, -0.15) is 0 Å². The zero-order valence-electron chi connectivity index (χ0n) is 11.7. The first-order valence-corrected chi connectivity index (χ1v) is 8.05. The highest BCUT2D eigenvalue weighted by Crippen LogP contribution is 2.50. The molecule has 1 saturated carbocycles. The minimum absolute atomic E-state index is 0.435. The molecule has 2 rings (SSSR count). The van der Waals surface area contributed by atoms with Crippen LogP contribution in [0.15, 0.2) is 16.1 Å². The van der Waals surface area contributed by atoms with E-state index < -0.39 is 11.0 Å². The second-order valence-corrected chi connectivity index (χ2v) is 7.32. The molecule has 0 amide bonds. The molecule has 2 fully saturated rings. The second kappa shape index (κ2) is 5.66. The monoisotopic (exact) mass is 268 g/mol. The summed E-state index contributed by atoms with van der Waals surface area (Å²) in [6.07, 6.45) is 9.72. The maximum absolute atomic E-state index is 12.5. The Bertz CT molecular complexity index is 385. The van der Waals surface area contributed by atoms with Crippen LogP contribution in [0.1, 0.15) is 52.9 Å². The van der Waals surface area contributed by atoms with E-state index in [0.717, 1.165) is 17.9 Å². The number of aliphatic imine (C=N–C) groups is 1. The zero-order valence-corrected chi connectivity index (χ0v) is 12.5. The summed E-state index contributed by atoms with van der Waals surface area (Å²) in [5, 5.41) is 0. The highest BCUT2D eigenvalue weighted by Gasteiger charge is 2.47. The van der Waals surface area contributed by atoms with E-state index in [-0.39, 0.29) is 0 Å². The van der Waals surface area contributed by atoms with Crippen LogP contribution in [-0.2, 0) is 11.0 Å².